The molecule has 0 bridgehead atoms. The minimum Gasteiger partial charge on any atom is -0.383 e. The second-order valence-electron chi connectivity index (χ2n) is 7.45. The van der Waals surface area contributed by atoms with Crippen LogP contribution in [0.4, 0.5) is 24.7 Å². The summed E-state index contributed by atoms with van der Waals surface area (Å²) in [5.74, 6) is -1.09. The molecular formula is C23H23F3N4O3. The van der Waals surface area contributed by atoms with Crippen molar-refractivity contribution in [1.82, 2.24) is 9.55 Å². The number of hydrogen-bond donors (Lipinski definition) is 2. The van der Waals surface area contributed by atoms with Crippen LogP contribution in [0.5, 0.6) is 0 Å². The molecule has 0 atom stereocenters. The molecule has 33 heavy (non-hydrogen) atoms. The predicted molar refractivity (Wildman–Crippen MR) is 119 cm³/mol. The SMILES string of the molecule is CCCCn1c(N)c(N(Cc2ccccc2)C(=O)c2cccc(C(F)(F)F)c2)c(=O)[nH]c1=O. The lowest BCUT2D eigenvalue weighted by Gasteiger charge is -2.25. The van der Waals surface area contributed by atoms with E-state index < -0.39 is 28.9 Å². The zero-order chi connectivity index (χ0) is 24.2. The molecule has 0 unspecified atom stereocenters. The number of hydrogen-bond acceptors (Lipinski definition) is 4. The molecule has 3 rings (SSSR count). The van der Waals surface area contributed by atoms with Crippen LogP contribution in [0.3, 0.4) is 0 Å². The van der Waals surface area contributed by atoms with Gasteiger partial charge in [0.05, 0.1) is 12.1 Å². The van der Waals surface area contributed by atoms with E-state index in [0.29, 0.717) is 12.0 Å². The summed E-state index contributed by atoms with van der Waals surface area (Å²) in [6.45, 7) is 1.98. The normalized spacial score (nSPS) is 11.4. The predicted octanol–water partition coefficient (Wildman–Crippen LogP) is 3.78. The Kier molecular flexibility index (Phi) is 7.05. The molecule has 1 aromatic heterocycles. The molecule has 0 aliphatic carbocycles. The van der Waals surface area contributed by atoms with Crippen molar-refractivity contribution in [3.8, 4) is 0 Å². The molecule has 0 radical (unpaired) electrons. The molecule has 7 nitrogen and oxygen atoms in total. The first kappa shape index (κ1) is 23.8. The lowest BCUT2D eigenvalue weighted by atomic mass is 10.1. The zero-order valence-corrected chi connectivity index (χ0v) is 17.9. The van der Waals surface area contributed by atoms with Crippen molar-refractivity contribution in [1.29, 1.82) is 0 Å². The first-order valence-corrected chi connectivity index (χ1v) is 10.3. The largest absolute Gasteiger partial charge is 0.416 e. The average Bonchev–Trinajstić information content (AvgIpc) is 2.78. The Morgan fingerprint density at radius 1 is 1.09 bits per heavy atom. The Hall–Kier alpha value is -3.82. The van der Waals surface area contributed by atoms with Crippen LogP contribution in [0, 0.1) is 0 Å². The minimum absolute atomic E-state index is 0.144. The van der Waals surface area contributed by atoms with E-state index in [2.05, 4.69) is 4.98 Å². The summed E-state index contributed by atoms with van der Waals surface area (Å²) in [7, 11) is 0. The fraction of sp³-hybridized carbons (Fsp3) is 0.261. The molecule has 0 saturated heterocycles. The van der Waals surface area contributed by atoms with Crippen molar-refractivity contribution in [2.75, 3.05) is 10.6 Å². The van der Waals surface area contributed by atoms with Gasteiger partial charge in [-0.1, -0.05) is 49.7 Å². The quantitative estimate of drug-likeness (QED) is 0.560. The van der Waals surface area contributed by atoms with Crippen LogP contribution in [0.1, 0.15) is 41.3 Å². The summed E-state index contributed by atoms with van der Waals surface area (Å²) in [5.41, 5.74) is 3.59. The summed E-state index contributed by atoms with van der Waals surface area (Å²) in [4.78, 5) is 41.6. The molecule has 174 valence electrons. The molecule has 0 spiro atoms. The summed E-state index contributed by atoms with van der Waals surface area (Å²) in [6.07, 6.45) is -3.31. The highest BCUT2D eigenvalue weighted by molar-refractivity contribution is 6.07. The topological polar surface area (TPSA) is 101 Å². The smallest absolute Gasteiger partial charge is 0.383 e. The molecule has 0 aliphatic heterocycles. The van der Waals surface area contributed by atoms with E-state index in [1.54, 1.807) is 30.3 Å². The first-order valence-electron chi connectivity index (χ1n) is 10.3. The number of carbonyl (C=O) groups excluding carboxylic acids is 1. The Balaban J connectivity index is 2.17. The number of nitrogens with one attached hydrogen (secondary N) is 1. The van der Waals surface area contributed by atoms with E-state index in [4.69, 9.17) is 5.73 Å². The van der Waals surface area contributed by atoms with Gasteiger partial charge >= 0.3 is 11.9 Å². The summed E-state index contributed by atoms with van der Waals surface area (Å²) < 4.78 is 40.8. The Morgan fingerprint density at radius 2 is 1.79 bits per heavy atom. The van der Waals surface area contributed by atoms with Crippen molar-refractivity contribution in [2.24, 2.45) is 0 Å². The minimum atomic E-state index is -4.65. The fourth-order valence-corrected chi connectivity index (χ4v) is 3.38. The first-order chi connectivity index (χ1) is 15.6. The summed E-state index contributed by atoms with van der Waals surface area (Å²) in [5, 5.41) is 0. The molecule has 0 aliphatic rings. The molecule has 3 N–H and O–H groups in total. The Labute approximate surface area is 187 Å². The van der Waals surface area contributed by atoms with Gasteiger partial charge in [0.2, 0.25) is 0 Å². The van der Waals surface area contributed by atoms with E-state index in [9.17, 15) is 27.6 Å². The van der Waals surface area contributed by atoms with Gasteiger partial charge in [0, 0.05) is 12.1 Å². The number of rotatable bonds is 7. The average molecular weight is 460 g/mol. The van der Waals surface area contributed by atoms with Crippen molar-refractivity contribution >= 4 is 17.4 Å². The number of alkyl halides is 3. The Morgan fingerprint density at radius 3 is 2.42 bits per heavy atom. The number of anilines is 2. The van der Waals surface area contributed by atoms with Gasteiger partial charge in [0.1, 0.15) is 5.82 Å². The third-order valence-electron chi connectivity index (χ3n) is 5.08. The fourth-order valence-electron chi connectivity index (χ4n) is 3.38. The van der Waals surface area contributed by atoms with Gasteiger partial charge in [0.25, 0.3) is 11.5 Å². The van der Waals surface area contributed by atoms with E-state index in [-0.39, 0.29) is 30.2 Å². The third-order valence-corrected chi connectivity index (χ3v) is 5.08. The summed E-state index contributed by atoms with van der Waals surface area (Å²) in [6, 6.07) is 12.5. The summed E-state index contributed by atoms with van der Waals surface area (Å²) >= 11 is 0. The highest BCUT2D eigenvalue weighted by Gasteiger charge is 2.32. The van der Waals surface area contributed by atoms with Gasteiger partial charge in [-0.25, -0.2) is 4.79 Å². The van der Waals surface area contributed by atoms with Gasteiger partial charge in [-0.15, -0.1) is 0 Å². The maximum absolute atomic E-state index is 13.4. The number of amides is 1. The van der Waals surface area contributed by atoms with Crippen LogP contribution in [0.25, 0.3) is 0 Å². The van der Waals surface area contributed by atoms with E-state index in [1.807, 2.05) is 6.92 Å². The van der Waals surface area contributed by atoms with Gasteiger partial charge in [-0.2, -0.15) is 13.2 Å². The number of H-pyrrole nitrogens is 1. The zero-order valence-electron chi connectivity index (χ0n) is 17.9. The number of aromatic nitrogens is 2. The van der Waals surface area contributed by atoms with Crippen LogP contribution >= 0.6 is 0 Å². The molecule has 1 amide bonds. The monoisotopic (exact) mass is 460 g/mol. The van der Waals surface area contributed by atoms with Crippen molar-refractivity contribution in [3.05, 3.63) is 92.1 Å². The molecule has 2 aromatic carbocycles. The van der Waals surface area contributed by atoms with Crippen LogP contribution in [0.15, 0.2) is 64.2 Å². The number of halogens is 3. The van der Waals surface area contributed by atoms with Crippen LogP contribution < -0.4 is 21.9 Å². The van der Waals surface area contributed by atoms with Crippen LogP contribution in [-0.2, 0) is 19.3 Å². The molecule has 3 aromatic rings. The number of benzene rings is 2. The molecule has 1 heterocycles. The number of unbranched alkanes of at least 4 members (excludes halogenated alkanes) is 1. The van der Waals surface area contributed by atoms with Gasteiger partial charge in [0.15, 0.2) is 5.69 Å². The number of carbonyl (C=O) groups is 1. The second-order valence-corrected chi connectivity index (χ2v) is 7.45. The van der Waals surface area contributed by atoms with Crippen molar-refractivity contribution in [3.63, 3.8) is 0 Å². The standard InChI is InChI=1S/C23H23F3N4O3/c1-2-3-12-29-19(27)18(20(31)28-22(29)33)30(14-15-8-5-4-6-9-15)21(32)16-10-7-11-17(13-16)23(24,25)26/h4-11,13H,2-3,12,14,27H2,1H3,(H,28,31,33). The maximum atomic E-state index is 13.4. The molecular weight excluding hydrogens is 437 g/mol. The van der Waals surface area contributed by atoms with Crippen LogP contribution in [0.2, 0.25) is 0 Å². The number of nitrogens with two attached hydrogens (primary N) is 1. The third kappa shape index (κ3) is 5.33. The Bertz CT molecular complexity index is 1250. The van der Waals surface area contributed by atoms with Gasteiger partial charge < -0.3 is 5.73 Å². The lowest BCUT2D eigenvalue weighted by molar-refractivity contribution is -0.137. The maximum Gasteiger partial charge on any atom is 0.416 e. The van der Waals surface area contributed by atoms with E-state index in [0.717, 1.165) is 34.1 Å². The molecule has 10 heteroatoms. The highest BCUT2D eigenvalue weighted by atomic mass is 19.4. The van der Waals surface area contributed by atoms with E-state index in [1.165, 1.54) is 6.07 Å². The molecule has 0 fully saturated rings. The van der Waals surface area contributed by atoms with Crippen molar-refractivity contribution in [2.45, 2.75) is 39.0 Å². The van der Waals surface area contributed by atoms with Crippen LogP contribution in [-0.4, -0.2) is 15.5 Å². The highest BCUT2D eigenvalue weighted by Crippen LogP contribution is 2.30. The lowest BCUT2D eigenvalue weighted by Crippen LogP contribution is -2.41. The second kappa shape index (κ2) is 9.76. The number of aromatic amines is 1. The van der Waals surface area contributed by atoms with Gasteiger partial charge in [-0.3, -0.25) is 24.0 Å². The number of nitrogens with zero attached hydrogens (tertiary/aromatic N) is 2. The van der Waals surface area contributed by atoms with Crippen molar-refractivity contribution < 1.29 is 18.0 Å². The van der Waals surface area contributed by atoms with E-state index >= 15 is 0 Å². The van der Waals surface area contributed by atoms with Gasteiger partial charge in [-0.05, 0) is 30.2 Å². The molecule has 0 saturated carbocycles. The number of nitrogen functional groups attached to an aromatic ring is 1.